The molecule has 0 aliphatic rings. The number of aliphatic hydroxyl groups is 1. The first-order valence-corrected chi connectivity index (χ1v) is 8.30. The number of ether oxygens (including phenoxy) is 1. The van der Waals surface area contributed by atoms with E-state index in [9.17, 15) is 5.11 Å². The van der Waals surface area contributed by atoms with Crippen molar-refractivity contribution in [1.29, 1.82) is 0 Å². The standard InChI is InChI=1S/C17H30O3Si/c1-15(2,3)12-16(4,17(5,18)20-21)13-19-11-14-9-7-6-8-10-14/h6-10,18H,11-13H2,1-5,21H3. The minimum atomic E-state index is -1.16. The lowest BCUT2D eigenvalue weighted by Gasteiger charge is -2.45. The zero-order valence-electron chi connectivity index (χ0n) is 14.3. The van der Waals surface area contributed by atoms with Crippen LogP contribution >= 0.6 is 0 Å². The highest BCUT2D eigenvalue weighted by Gasteiger charge is 2.45. The number of hydrogen-bond donors (Lipinski definition) is 1. The van der Waals surface area contributed by atoms with E-state index in [1.54, 1.807) is 6.92 Å². The van der Waals surface area contributed by atoms with Crippen molar-refractivity contribution in [2.75, 3.05) is 6.61 Å². The largest absolute Gasteiger partial charge is 0.401 e. The van der Waals surface area contributed by atoms with Crippen LogP contribution in [0.5, 0.6) is 0 Å². The summed E-state index contributed by atoms with van der Waals surface area (Å²) in [5, 5.41) is 10.6. The van der Waals surface area contributed by atoms with Crippen molar-refractivity contribution in [2.45, 2.75) is 53.4 Å². The topological polar surface area (TPSA) is 38.7 Å². The molecule has 0 bridgehead atoms. The van der Waals surface area contributed by atoms with Gasteiger partial charge >= 0.3 is 0 Å². The van der Waals surface area contributed by atoms with Gasteiger partial charge in [-0.1, -0.05) is 58.0 Å². The van der Waals surface area contributed by atoms with E-state index < -0.39 is 11.2 Å². The second-order valence-corrected chi connectivity index (χ2v) is 7.87. The Balaban J connectivity index is 2.74. The van der Waals surface area contributed by atoms with Crippen LogP contribution in [0.3, 0.4) is 0 Å². The zero-order valence-corrected chi connectivity index (χ0v) is 16.3. The van der Waals surface area contributed by atoms with Crippen molar-refractivity contribution in [3.8, 4) is 0 Å². The van der Waals surface area contributed by atoms with Crippen molar-refractivity contribution < 1.29 is 14.3 Å². The summed E-state index contributed by atoms with van der Waals surface area (Å²) in [6, 6.07) is 10.1. The van der Waals surface area contributed by atoms with Crippen LogP contribution in [0.25, 0.3) is 0 Å². The van der Waals surface area contributed by atoms with Crippen molar-refractivity contribution in [3.05, 3.63) is 35.9 Å². The summed E-state index contributed by atoms with van der Waals surface area (Å²) in [5.41, 5.74) is 0.790. The SMILES string of the molecule is CC(C)(C)CC(C)(COCc1ccccc1)C(C)(O)O[SiH3]. The molecule has 0 radical (unpaired) electrons. The molecule has 0 heterocycles. The average molecular weight is 311 g/mol. The fraction of sp³-hybridized carbons (Fsp3) is 0.647. The van der Waals surface area contributed by atoms with Crippen LogP contribution in [0.1, 0.15) is 46.6 Å². The van der Waals surface area contributed by atoms with E-state index in [-0.39, 0.29) is 5.41 Å². The van der Waals surface area contributed by atoms with Crippen molar-refractivity contribution in [1.82, 2.24) is 0 Å². The summed E-state index contributed by atoms with van der Waals surface area (Å²) in [5.74, 6) is -1.16. The third-order valence-corrected chi connectivity index (χ3v) is 4.76. The summed E-state index contributed by atoms with van der Waals surface area (Å²) >= 11 is 0. The Labute approximate surface area is 132 Å². The van der Waals surface area contributed by atoms with Gasteiger partial charge in [0.15, 0.2) is 5.79 Å². The van der Waals surface area contributed by atoms with Gasteiger partial charge in [-0.2, -0.15) is 0 Å². The normalized spacial score (nSPS) is 18.2. The van der Waals surface area contributed by atoms with E-state index in [0.29, 0.717) is 23.7 Å². The van der Waals surface area contributed by atoms with Gasteiger partial charge in [-0.15, -0.1) is 0 Å². The molecule has 1 N–H and O–H groups in total. The van der Waals surface area contributed by atoms with Crippen LogP contribution in [0, 0.1) is 10.8 Å². The molecule has 2 unspecified atom stereocenters. The molecule has 2 atom stereocenters. The number of rotatable bonds is 7. The molecule has 21 heavy (non-hydrogen) atoms. The quantitative estimate of drug-likeness (QED) is 0.621. The summed E-state index contributed by atoms with van der Waals surface area (Å²) < 4.78 is 11.4. The van der Waals surface area contributed by atoms with Gasteiger partial charge in [-0.25, -0.2) is 0 Å². The predicted octanol–water partition coefficient (Wildman–Crippen LogP) is 2.65. The summed E-state index contributed by atoms with van der Waals surface area (Å²) in [6.07, 6.45) is 0.823. The maximum atomic E-state index is 10.6. The molecule has 0 saturated heterocycles. The second kappa shape index (κ2) is 7.05. The monoisotopic (exact) mass is 310 g/mol. The Hall–Kier alpha value is -0.683. The minimum Gasteiger partial charge on any atom is -0.401 e. The van der Waals surface area contributed by atoms with E-state index in [0.717, 1.165) is 12.0 Å². The molecule has 0 amide bonds. The van der Waals surface area contributed by atoms with Gasteiger partial charge in [0.1, 0.15) is 10.5 Å². The first-order chi connectivity index (χ1) is 9.60. The summed E-state index contributed by atoms with van der Waals surface area (Å²) in [7, 11) is 0.498. The van der Waals surface area contributed by atoms with Crippen LogP contribution in [0.2, 0.25) is 0 Å². The van der Waals surface area contributed by atoms with Gasteiger partial charge in [-0.3, -0.25) is 0 Å². The molecular formula is C17H30O3Si. The molecule has 4 heteroatoms. The van der Waals surface area contributed by atoms with Crippen molar-refractivity contribution >= 4 is 10.5 Å². The maximum absolute atomic E-state index is 10.6. The Kier molecular flexibility index (Phi) is 6.17. The van der Waals surface area contributed by atoms with Gasteiger partial charge < -0.3 is 14.3 Å². The second-order valence-electron chi connectivity index (χ2n) is 7.46. The molecule has 0 aromatic heterocycles. The highest BCUT2D eigenvalue weighted by Crippen LogP contribution is 2.42. The van der Waals surface area contributed by atoms with Crippen LogP contribution in [-0.4, -0.2) is 28.0 Å². The van der Waals surface area contributed by atoms with Crippen LogP contribution in [0.4, 0.5) is 0 Å². The van der Waals surface area contributed by atoms with E-state index in [4.69, 9.17) is 9.16 Å². The molecule has 0 saturated carbocycles. The fourth-order valence-corrected chi connectivity index (χ4v) is 3.23. The lowest BCUT2D eigenvalue weighted by molar-refractivity contribution is -0.229. The highest BCUT2D eigenvalue weighted by atomic mass is 28.2. The summed E-state index contributed by atoms with van der Waals surface area (Å²) in [6.45, 7) is 11.3. The average Bonchev–Trinajstić information content (AvgIpc) is 2.37. The first-order valence-electron chi connectivity index (χ1n) is 7.49. The smallest absolute Gasteiger partial charge is 0.159 e. The van der Waals surface area contributed by atoms with Gasteiger partial charge in [0, 0.05) is 5.41 Å². The van der Waals surface area contributed by atoms with Crippen molar-refractivity contribution in [3.63, 3.8) is 0 Å². The van der Waals surface area contributed by atoms with Crippen LogP contribution < -0.4 is 0 Å². The molecule has 0 fully saturated rings. The summed E-state index contributed by atoms with van der Waals surface area (Å²) in [4.78, 5) is 0. The number of hydrogen-bond acceptors (Lipinski definition) is 3. The molecular weight excluding hydrogens is 280 g/mol. The van der Waals surface area contributed by atoms with Crippen LogP contribution in [0.15, 0.2) is 30.3 Å². The third-order valence-electron chi connectivity index (χ3n) is 3.97. The van der Waals surface area contributed by atoms with Gasteiger partial charge in [0.05, 0.1) is 13.2 Å². The Morgan fingerprint density at radius 3 is 2.10 bits per heavy atom. The van der Waals surface area contributed by atoms with Crippen molar-refractivity contribution in [2.24, 2.45) is 10.8 Å². The molecule has 1 aromatic carbocycles. The molecule has 0 spiro atoms. The molecule has 3 nitrogen and oxygen atoms in total. The van der Waals surface area contributed by atoms with Gasteiger partial charge in [0.25, 0.3) is 0 Å². The van der Waals surface area contributed by atoms with Gasteiger partial charge in [0.2, 0.25) is 0 Å². The highest BCUT2D eigenvalue weighted by molar-refractivity contribution is 5.98. The van der Waals surface area contributed by atoms with Crippen LogP contribution in [-0.2, 0) is 15.8 Å². The zero-order chi connectivity index (χ0) is 16.1. The molecule has 1 rings (SSSR count). The number of benzene rings is 1. The van der Waals surface area contributed by atoms with E-state index >= 15 is 0 Å². The fourth-order valence-electron chi connectivity index (χ4n) is 2.73. The Morgan fingerprint density at radius 2 is 1.62 bits per heavy atom. The maximum Gasteiger partial charge on any atom is 0.159 e. The lowest BCUT2D eigenvalue weighted by atomic mass is 9.71. The minimum absolute atomic E-state index is 0.0922. The first kappa shape index (κ1) is 18.4. The lowest BCUT2D eigenvalue weighted by Crippen LogP contribution is -2.50. The Bertz CT molecular complexity index is 425. The van der Waals surface area contributed by atoms with E-state index in [2.05, 4.69) is 20.8 Å². The molecule has 120 valence electrons. The van der Waals surface area contributed by atoms with E-state index in [1.807, 2.05) is 37.3 Å². The van der Waals surface area contributed by atoms with Gasteiger partial charge in [-0.05, 0) is 24.3 Å². The third kappa shape index (κ3) is 5.55. The Morgan fingerprint density at radius 1 is 1.05 bits per heavy atom. The molecule has 0 aliphatic carbocycles. The predicted molar refractivity (Wildman–Crippen MR) is 89.9 cm³/mol. The molecule has 0 aliphatic heterocycles. The van der Waals surface area contributed by atoms with E-state index in [1.165, 1.54) is 0 Å². The molecule has 1 aromatic rings.